The van der Waals surface area contributed by atoms with Crippen LogP contribution in [0.4, 0.5) is 0 Å². The van der Waals surface area contributed by atoms with Gasteiger partial charge < -0.3 is 15.8 Å². The van der Waals surface area contributed by atoms with Crippen molar-refractivity contribution in [2.45, 2.75) is 19.4 Å². The summed E-state index contributed by atoms with van der Waals surface area (Å²) in [6.45, 7) is 4.19. The lowest BCUT2D eigenvalue weighted by Crippen LogP contribution is -2.49. The summed E-state index contributed by atoms with van der Waals surface area (Å²) >= 11 is 3.34. The predicted molar refractivity (Wildman–Crippen MR) is 70.9 cm³/mol. The Hall–Kier alpha value is -1.07. The minimum atomic E-state index is -0.850. The molecule has 1 amide bonds. The van der Waals surface area contributed by atoms with Gasteiger partial charge >= 0.3 is 0 Å². The molecule has 0 atom stereocenters. The molecular formula is C12H17BrN2O2. The molecule has 1 rings (SSSR count). The van der Waals surface area contributed by atoms with E-state index < -0.39 is 5.54 Å². The standard InChI is InChI=1S/C12H17BrN2O2/c1-12(2,14)11(16)15-7-8-17-10-5-3-9(13)4-6-10/h3-6H,7-8,14H2,1-2H3,(H,15,16). The maximum absolute atomic E-state index is 11.4. The highest BCUT2D eigenvalue weighted by Crippen LogP contribution is 2.15. The predicted octanol–water partition coefficient (Wildman–Crippen LogP) is 1.68. The Kier molecular flexibility index (Phi) is 4.96. The fraction of sp³-hybridized carbons (Fsp3) is 0.417. The Morgan fingerprint density at radius 3 is 2.53 bits per heavy atom. The van der Waals surface area contributed by atoms with Crippen molar-refractivity contribution in [3.8, 4) is 5.75 Å². The van der Waals surface area contributed by atoms with Crippen LogP contribution in [0.2, 0.25) is 0 Å². The molecule has 0 saturated carbocycles. The lowest BCUT2D eigenvalue weighted by atomic mass is 10.1. The van der Waals surface area contributed by atoms with Crippen LogP contribution in [0.5, 0.6) is 5.75 Å². The molecule has 0 spiro atoms. The second-order valence-corrected chi connectivity index (χ2v) is 5.20. The van der Waals surface area contributed by atoms with Gasteiger partial charge in [-0.3, -0.25) is 4.79 Å². The molecule has 4 nitrogen and oxygen atoms in total. The zero-order valence-corrected chi connectivity index (χ0v) is 11.6. The number of ether oxygens (including phenoxy) is 1. The summed E-state index contributed by atoms with van der Waals surface area (Å²) in [5.74, 6) is 0.589. The molecule has 0 aliphatic heterocycles. The van der Waals surface area contributed by atoms with E-state index in [1.807, 2.05) is 24.3 Å². The maximum atomic E-state index is 11.4. The topological polar surface area (TPSA) is 64.4 Å². The lowest BCUT2D eigenvalue weighted by Gasteiger charge is -2.17. The van der Waals surface area contributed by atoms with Crippen molar-refractivity contribution in [3.63, 3.8) is 0 Å². The van der Waals surface area contributed by atoms with Crippen LogP contribution in [0.3, 0.4) is 0 Å². The first-order valence-electron chi connectivity index (χ1n) is 5.35. The summed E-state index contributed by atoms with van der Waals surface area (Å²) in [7, 11) is 0. The van der Waals surface area contributed by atoms with E-state index in [0.29, 0.717) is 13.2 Å². The van der Waals surface area contributed by atoms with E-state index in [-0.39, 0.29) is 5.91 Å². The van der Waals surface area contributed by atoms with Crippen LogP contribution < -0.4 is 15.8 Å². The van der Waals surface area contributed by atoms with Crippen molar-refractivity contribution in [2.75, 3.05) is 13.2 Å². The molecule has 3 N–H and O–H groups in total. The number of hydrogen-bond donors (Lipinski definition) is 2. The lowest BCUT2D eigenvalue weighted by molar-refractivity contribution is -0.125. The number of amides is 1. The van der Waals surface area contributed by atoms with E-state index in [1.54, 1.807) is 13.8 Å². The Morgan fingerprint density at radius 2 is 2.00 bits per heavy atom. The van der Waals surface area contributed by atoms with E-state index in [1.165, 1.54) is 0 Å². The van der Waals surface area contributed by atoms with Crippen molar-refractivity contribution < 1.29 is 9.53 Å². The van der Waals surface area contributed by atoms with Gasteiger partial charge in [-0.15, -0.1) is 0 Å². The molecule has 1 aromatic rings. The summed E-state index contributed by atoms with van der Waals surface area (Å²) in [6.07, 6.45) is 0. The molecule has 0 radical (unpaired) electrons. The molecule has 0 aliphatic carbocycles. The van der Waals surface area contributed by atoms with E-state index in [9.17, 15) is 4.79 Å². The van der Waals surface area contributed by atoms with Gasteiger partial charge in [0.25, 0.3) is 0 Å². The van der Waals surface area contributed by atoms with E-state index in [2.05, 4.69) is 21.2 Å². The molecule has 17 heavy (non-hydrogen) atoms. The Bertz CT molecular complexity index is 371. The van der Waals surface area contributed by atoms with Gasteiger partial charge in [-0.1, -0.05) is 15.9 Å². The molecule has 1 aromatic carbocycles. The number of rotatable bonds is 5. The number of carbonyl (C=O) groups is 1. The highest BCUT2D eigenvalue weighted by Gasteiger charge is 2.20. The van der Waals surface area contributed by atoms with Gasteiger partial charge in [0.1, 0.15) is 12.4 Å². The molecule has 0 heterocycles. The highest BCUT2D eigenvalue weighted by atomic mass is 79.9. The van der Waals surface area contributed by atoms with Crippen LogP contribution in [0.1, 0.15) is 13.8 Å². The summed E-state index contributed by atoms with van der Waals surface area (Å²) in [4.78, 5) is 11.4. The smallest absolute Gasteiger partial charge is 0.239 e. The molecule has 0 aromatic heterocycles. The van der Waals surface area contributed by atoms with E-state index >= 15 is 0 Å². The van der Waals surface area contributed by atoms with E-state index in [0.717, 1.165) is 10.2 Å². The molecule has 0 aliphatic rings. The third-order valence-electron chi connectivity index (χ3n) is 2.06. The number of hydrogen-bond acceptors (Lipinski definition) is 3. The average molecular weight is 301 g/mol. The second-order valence-electron chi connectivity index (χ2n) is 4.28. The van der Waals surface area contributed by atoms with Gasteiger partial charge in [-0.2, -0.15) is 0 Å². The van der Waals surface area contributed by atoms with Crippen molar-refractivity contribution in [3.05, 3.63) is 28.7 Å². The van der Waals surface area contributed by atoms with Gasteiger partial charge in [0.2, 0.25) is 5.91 Å². The Morgan fingerprint density at radius 1 is 1.41 bits per heavy atom. The fourth-order valence-corrected chi connectivity index (χ4v) is 1.36. The molecule has 0 unspecified atom stereocenters. The van der Waals surface area contributed by atoms with Gasteiger partial charge in [0.05, 0.1) is 12.1 Å². The summed E-state index contributed by atoms with van der Waals surface area (Å²) in [6, 6.07) is 7.52. The third kappa shape index (κ3) is 5.19. The summed E-state index contributed by atoms with van der Waals surface area (Å²) in [5.41, 5.74) is 4.78. The zero-order valence-electron chi connectivity index (χ0n) is 10.00. The molecule has 0 saturated heterocycles. The quantitative estimate of drug-likeness (QED) is 0.813. The number of nitrogens with two attached hydrogens (primary N) is 1. The van der Waals surface area contributed by atoms with Gasteiger partial charge in [-0.25, -0.2) is 0 Å². The Labute approximate surface area is 110 Å². The van der Waals surface area contributed by atoms with Crippen molar-refractivity contribution >= 4 is 21.8 Å². The first kappa shape index (κ1) is 14.0. The van der Waals surface area contributed by atoms with Crippen LogP contribution in [0, 0.1) is 0 Å². The molecule has 0 bridgehead atoms. The van der Waals surface area contributed by atoms with E-state index in [4.69, 9.17) is 10.5 Å². The van der Waals surface area contributed by atoms with Crippen LogP contribution >= 0.6 is 15.9 Å². The van der Waals surface area contributed by atoms with Crippen LogP contribution in [0.15, 0.2) is 28.7 Å². The van der Waals surface area contributed by atoms with Crippen LogP contribution in [-0.2, 0) is 4.79 Å². The third-order valence-corrected chi connectivity index (χ3v) is 2.58. The molecule has 0 fully saturated rings. The highest BCUT2D eigenvalue weighted by molar-refractivity contribution is 9.10. The zero-order chi connectivity index (χ0) is 12.9. The molecule has 94 valence electrons. The molecular weight excluding hydrogens is 284 g/mol. The van der Waals surface area contributed by atoms with Gasteiger partial charge in [0.15, 0.2) is 0 Å². The van der Waals surface area contributed by atoms with Gasteiger partial charge in [0, 0.05) is 4.47 Å². The van der Waals surface area contributed by atoms with Crippen molar-refractivity contribution in [1.82, 2.24) is 5.32 Å². The molecule has 5 heteroatoms. The second kappa shape index (κ2) is 6.02. The minimum absolute atomic E-state index is 0.183. The SMILES string of the molecule is CC(C)(N)C(=O)NCCOc1ccc(Br)cc1. The van der Waals surface area contributed by atoms with Crippen molar-refractivity contribution in [2.24, 2.45) is 5.73 Å². The first-order chi connectivity index (χ1) is 7.89. The largest absolute Gasteiger partial charge is 0.492 e. The average Bonchev–Trinajstić information content (AvgIpc) is 2.25. The fourth-order valence-electron chi connectivity index (χ4n) is 1.09. The first-order valence-corrected chi connectivity index (χ1v) is 6.14. The summed E-state index contributed by atoms with van der Waals surface area (Å²) < 4.78 is 6.45. The van der Waals surface area contributed by atoms with Crippen LogP contribution in [-0.4, -0.2) is 24.6 Å². The normalized spacial score (nSPS) is 11.1. The maximum Gasteiger partial charge on any atom is 0.239 e. The number of benzene rings is 1. The minimum Gasteiger partial charge on any atom is -0.492 e. The van der Waals surface area contributed by atoms with Crippen LogP contribution in [0.25, 0.3) is 0 Å². The number of carbonyl (C=O) groups excluding carboxylic acids is 1. The summed E-state index contributed by atoms with van der Waals surface area (Å²) in [5, 5.41) is 2.71. The van der Waals surface area contributed by atoms with Gasteiger partial charge in [-0.05, 0) is 38.1 Å². The Balaban J connectivity index is 2.25. The monoisotopic (exact) mass is 300 g/mol. The number of halogens is 1. The number of nitrogens with one attached hydrogen (secondary N) is 1. The van der Waals surface area contributed by atoms with Crippen molar-refractivity contribution in [1.29, 1.82) is 0 Å².